The number of hydrogen-bond acceptors (Lipinski definition) is 1. The minimum Gasteiger partial charge on any atom is -0.316 e. The highest BCUT2D eigenvalue weighted by atomic mass is 19.1. The Kier molecular flexibility index (Phi) is 2.65. The molecule has 0 aromatic carbocycles. The lowest BCUT2D eigenvalue weighted by molar-refractivity contribution is 0.104. The van der Waals surface area contributed by atoms with Crippen molar-refractivity contribution in [3.05, 3.63) is 11.6 Å². The average molecular weight is 197 g/mol. The highest BCUT2D eigenvalue weighted by Crippen LogP contribution is 2.41. The van der Waals surface area contributed by atoms with Crippen molar-refractivity contribution in [2.24, 2.45) is 11.8 Å². The maximum absolute atomic E-state index is 14.4. The Labute approximate surface area is 85.8 Å². The van der Waals surface area contributed by atoms with Crippen LogP contribution >= 0.6 is 0 Å². The van der Waals surface area contributed by atoms with E-state index in [1.165, 1.54) is 0 Å². The fraction of sp³-hybridized carbons (Fsp3) is 0.833. The Morgan fingerprint density at radius 2 is 2.07 bits per heavy atom. The molecule has 2 aliphatic rings. The van der Waals surface area contributed by atoms with Gasteiger partial charge >= 0.3 is 0 Å². The van der Waals surface area contributed by atoms with Crippen LogP contribution in [-0.2, 0) is 0 Å². The van der Waals surface area contributed by atoms with Gasteiger partial charge in [-0.25, -0.2) is 4.39 Å². The minimum absolute atomic E-state index is 0.573. The van der Waals surface area contributed by atoms with Gasteiger partial charge < -0.3 is 5.32 Å². The molecule has 3 unspecified atom stereocenters. The van der Waals surface area contributed by atoms with Crippen LogP contribution in [0.1, 0.15) is 33.1 Å². The fourth-order valence-corrected chi connectivity index (χ4v) is 2.98. The first-order valence-corrected chi connectivity index (χ1v) is 5.65. The van der Waals surface area contributed by atoms with E-state index in [4.69, 9.17) is 0 Å². The third kappa shape index (κ3) is 2.00. The zero-order chi connectivity index (χ0) is 10.2. The van der Waals surface area contributed by atoms with E-state index in [9.17, 15) is 4.39 Å². The van der Waals surface area contributed by atoms with Gasteiger partial charge in [-0.05, 0) is 64.1 Å². The number of hydrogen-bond donors (Lipinski definition) is 1. The molecule has 0 spiro atoms. The monoisotopic (exact) mass is 197 g/mol. The number of halogens is 1. The normalized spacial score (nSPS) is 41.9. The number of alkyl halides is 1. The molecule has 2 rings (SSSR count). The molecule has 80 valence electrons. The lowest BCUT2D eigenvalue weighted by Crippen LogP contribution is -2.33. The highest BCUT2D eigenvalue weighted by molar-refractivity contribution is 5.11. The van der Waals surface area contributed by atoms with E-state index in [1.54, 1.807) is 0 Å². The lowest BCUT2D eigenvalue weighted by atomic mass is 9.74. The van der Waals surface area contributed by atoms with Crippen LogP contribution in [0.2, 0.25) is 0 Å². The zero-order valence-corrected chi connectivity index (χ0v) is 9.15. The van der Waals surface area contributed by atoms with E-state index >= 15 is 0 Å². The van der Waals surface area contributed by atoms with Crippen LogP contribution in [0.25, 0.3) is 0 Å². The van der Waals surface area contributed by atoms with Crippen LogP contribution in [0.5, 0.6) is 0 Å². The van der Waals surface area contributed by atoms with Gasteiger partial charge in [0, 0.05) is 0 Å². The Morgan fingerprint density at radius 3 is 2.79 bits per heavy atom. The summed E-state index contributed by atoms with van der Waals surface area (Å²) in [5, 5.41) is 3.37. The third-order valence-electron chi connectivity index (χ3n) is 3.56. The molecule has 14 heavy (non-hydrogen) atoms. The Morgan fingerprint density at radius 1 is 1.36 bits per heavy atom. The molecule has 1 saturated carbocycles. The van der Waals surface area contributed by atoms with Crippen molar-refractivity contribution in [2.45, 2.75) is 38.8 Å². The zero-order valence-electron chi connectivity index (χ0n) is 9.15. The molecule has 2 fully saturated rings. The maximum atomic E-state index is 14.4. The van der Waals surface area contributed by atoms with Crippen molar-refractivity contribution in [3.8, 4) is 0 Å². The number of allylic oxidation sites excluding steroid dienone is 2. The number of rotatable bonds is 1. The van der Waals surface area contributed by atoms with Crippen LogP contribution < -0.4 is 5.32 Å². The van der Waals surface area contributed by atoms with Crippen molar-refractivity contribution in [1.29, 1.82) is 0 Å². The highest BCUT2D eigenvalue weighted by Gasteiger charge is 2.41. The Hall–Kier alpha value is -0.370. The summed E-state index contributed by atoms with van der Waals surface area (Å²) in [6, 6.07) is 0. The molecule has 0 radical (unpaired) electrons. The largest absolute Gasteiger partial charge is 0.316 e. The quantitative estimate of drug-likeness (QED) is 0.637. The van der Waals surface area contributed by atoms with Crippen molar-refractivity contribution >= 4 is 0 Å². The predicted molar refractivity (Wildman–Crippen MR) is 57.0 cm³/mol. The minimum atomic E-state index is -1.01. The van der Waals surface area contributed by atoms with Crippen LogP contribution in [0.15, 0.2) is 11.6 Å². The summed E-state index contributed by atoms with van der Waals surface area (Å²) in [5.41, 5.74) is 0.100. The van der Waals surface area contributed by atoms with Crippen LogP contribution in [-0.4, -0.2) is 18.8 Å². The molecule has 0 aromatic heterocycles. The first-order valence-electron chi connectivity index (χ1n) is 5.65. The predicted octanol–water partition coefficient (Wildman–Crippen LogP) is 2.68. The second kappa shape index (κ2) is 3.65. The molecule has 2 heteroatoms. The summed E-state index contributed by atoms with van der Waals surface area (Å²) < 4.78 is 14.4. The van der Waals surface area contributed by atoms with Crippen LogP contribution in [0, 0.1) is 11.8 Å². The molecular formula is C12H20FN. The van der Waals surface area contributed by atoms with E-state index in [1.807, 2.05) is 19.9 Å². The molecule has 0 bridgehead atoms. The standard InChI is InChI=1S/C12H20FN/c1-9(2)5-12(13)4-3-10-7-14-8-11(10)6-12/h5,10-11,14H,3-4,6-8H2,1-2H3. The van der Waals surface area contributed by atoms with Gasteiger partial charge in [-0.15, -0.1) is 0 Å². The second-order valence-corrected chi connectivity index (χ2v) is 5.18. The molecule has 1 aliphatic heterocycles. The summed E-state index contributed by atoms with van der Waals surface area (Å²) >= 11 is 0. The van der Waals surface area contributed by atoms with Crippen LogP contribution in [0.3, 0.4) is 0 Å². The molecule has 1 N–H and O–H groups in total. The molecular weight excluding hydrogens is 177 g/mol. The fourth-order valence-electron chi connectivity index (χ4n) is 2.98. The number of fused-ring (bicyclic) bond motifs is 1. The summed E-state index contributed by atoms with van der Waals surface area (Å²) in [6.07, 6.45) is 4.34. The molecule has 1 nitrogen and oxygen atoms in total. The molecule has 0 amide bonds. The van der Waals surface area contributed by atoms with Gasteiger partial charge in [0.25, 0.3) is 0 Å². The van der Waals surface area contributed by atoms with E-state index in [0.29, 0.717) is 5.92 Å². The molecule has 1 heterocycles. The van der Waals surface area contributed by atoms with Gasteiger partial charge in [-0.1, -0.05) is 5.57 Å². The van der Waals surface area contributed by atoms with Gasteiger partial charge in [-0.3, -0.25) is 0 Å². The first kappa shape index (κ1) is 10.2. The summed E-state index contributed by atoms with van der Waals surface area (Å²) in [4.78, 5) is 0. The van der Waals surface area contributed by atoms with Crippen molar-refractivity contribution < 1.29 is 4.39 Å². The van der Waals surface area contributed by atoms with Gasteiger partial charge in [0.2, 0.25) is 0 Å². The van der Waals surface area contributed by atoms with Gasteiger partial charge in [0.15, 0.2) is 0 Å². The smallest absolute Gasteiger partial charge is 0.129 e. The van der Waals surface area contributed by atoms with Crippen LogP contribution in [0.4, 0.5) is 4.39 Å². The van der Waals surface area contributed by atoms with Gasteiger partial charge in [0.1, 0.15) is 5.67 Å². The van der Waals surface area contributed by atoms with Crippen molar-refractivity contribution in [1.82, 2.24) is 5.32 Å². The van der Waals surface area contributed by atoms with Crippen molar-refractivity contribution in [2.75, 3.05) is 13.1 Å². The molecule has 3 atom stereocenters. The lowest BCUT2D eigenvalue weighted by Gasteiger charge is -2.34. The molecule has 1 saturated heterocycles. The van der Waals surface area contributed by atoms with E-state index in [-0.39, 0.29) is 0 Å². The van der Waals surface area contributed by atoms with E-state index in [2.05, 4.69) is 5.32 Å². The Bertz CT molecular complexity index is 245. The summed E-state index contributed by atoms with van der Waals surface area (Å²) in [5.74, 6) is 1.31. The first-order chi connectivity index (χ1) is 6.59. The summed E-state index contributed by atoms with van der Waals surface area (Å²) in [6.45, 7) is 6.10. The summed E-state index contributed by atoms with van der Waals surface area (Å²) in [7, 11) is 0. The average Bonchev–Trinajstić information content (AvgIpc) is 2.48. The molecule has 0 aromatic rings. The second-order valence-electron chi connectivity index (χ2n) is 5.18. The third-order valence-corrected chi connectivity index (χ3v) is 3.56. The topological polar surface area (TPSA) is 12.0 Å². The number of nitrogens with one attached hydrogen (secondary N) is 1. The SMILES string of the molecule is CC(C)=CC1(F)CCC2CNCC2C1. The maximum Gasteiger partial charge on any atom is 0.129 e. The van der Waals surface area contributed by atoms with Gasteiger partial charge in [0.05, 0.1) is 0 Å². The molecule has 1 aliphatic carbocycles. The van der Waals surface area contributed by atoms with E-state index < -0.39 is 5.67 Å². The Balaban J connectivity index is 2.06. The van der Waals surface area contributed by atoms with Gasteiger partial charge in [-0.2, -0.15) is 0 Å². The van der Waals surface area contributed by atoms with Crippen molar-refractivity contribution in [3.63, 3.8) is 0 Å². The van der Waals surface area contributed by atoms with E-state index in [0.717, 1.165) is 43.8 Å².